The molecule has 1 heterocycles. The van der Waals surface area contributed by atoms with Crippen molar-refractivity contribution in [2.24, 2.45) is 0 Å². The minimum Gasteiger partial charge on any atom is -0.348 e. The zero-order valence-corrected chi connectivity index (χ0v) is 13.7. The highest BCUT2D eigenvalue weighted by atomic mass is 32.1. The van der Waals surface area contributed by atoms with Gasteiger partial charge in [0, 0.05) is 5.69 Å². The van der Waals surface area contributed by atoms with Gasteiger partial charge in [-0.2, -0.15) is 5.26 Å². The van der Waals surface area contributed by atoms with Crippen molar-refractivity contribution < 1.29 is 0 Å². The van der Waals surface area contributed by atoms with E-state index >= 15 is 0 Å². The molecule has 0 radical (unpaired) electrons. The molecule has 0 fully saturated rings. The first-order chi connectivity index (χ1) is 11.1. The number of thiocarbonyl (C=S) groups is 1. The minimum atomic E-state index is -0.614. The molecule has 0 amide bonds. The predicted molar refractivity (Wildman–Crippen MR) is 96.6 cm³/mol. The lowest BCUT2D eigenvalue weighted by Crippen LogP contribution is -2.19. The van der Waals surface area contributed by atoms with Gasteiger partial charge in [0.25, 0.3) is 0 Å². The van der Waals surface area contributed by atoms with Crippen LogP contribution < -0.4 is 5.32 Å². The van der Waals surface area contributed by atoms with Gasteiger partial charge in [-0.1, -0.05) is 42.5 Å². The molecule has 0 bridgehead atoms. The number of nitrogens with zero attached hydrogens (tertiary/aromatic N) is 2. The summed E-state index contributed by atoms with van der Waals surface area (Å²) in [4.78, 5) is 8.21. The van der Waals surface area contributed by atoms with Crippen molar-refractivity contribution in [3.8, 4) is 6.07 Å². The van der Waals surface area contributed by atoms with Crippen LogP contribution in [0, 0.1) is 25.2 Å². The molecule has 2 aromatic carbocycles. The fourth-order valence-electron chi connectivity index (χ4n) is 2.49. The Labute approximate surface area is 140 Å². The van der Waals surface area contributed by atoms with E-state index in [0.717, 1.165) is 27.8 Å². The summed E-state index contributed by atoms with van der Waals surface area (Å²) in [6.45, 7) is 4.00. The monoisotopic (exact) mass is 320 g/mol. The average Bonchev–Trinajstić information content (AvgIpc) is 2.95. The number of rotatable bonds is 3. The topological polar surface area (TPSA) is 64.5 Å². The SMILES string of the molecule is Cc1ccccc1NC(=S)C(C#N)c1nc2c(C)cccc2[nH]1. The van der Waals surface area contributed by atoms with Crippen LogP contribution in [0.15, 0.2) is 42.5 Å². The number of anilines is 1. The van der Waals surface area contributed by atoms with Crippen molar-refractivity contribution >= 4 is 33.9 Å². The van der Waals surface area contributed by atoms with Gasteiger partial charge in [0.05, 0.1) is 17.1 Å². The molecule has 3 rings (SSSR count). The number of aryl methyl sites for hydroxylation is 2. The highest BCUT2D eigenvalue weighted by Gasteiger charge is 2.21. The second-order valence-corrected chi connectivity index (χ2v) is 5.90. The second-order valence-electron chi connectivity index (χ2n) is 5.46. The van der Waals surface area contributed by atoms with E-state index in [1.165, 1.54) is 0 Å². The highest BCUT2D eigenvalue weighted by Crippen LogP contribution is 2.23. The number of aromatic nitrogens is 2. The molecule has 5 heteroatoms. The standard InChI is InChI=1S/C18H16N4S/c1-11-6-3-4-8-14(11)21-18(23)13(10-19)17-20-15-9-5-7-12(2)16(15)22-17/h3-9,13H,1-2H3,(H,20,22)(H,21,23). The lowest BCUT2D eigenvalue weighted by molar-refractivity contribution is 1.01. The molecule has 0 saturated carbocycles. The molecule has 23 heavy (non-hydrogen) atoms. The Morgan fingerprint density at radius 1 is 1.17 bits per heavy atom. The normalized spacial score (nSPS) is 11.9. The molecular formula is C18H16N4S. The average molecular weight is 320 g/mol. The Hall–Kier alpha value is -2.71. The largest absolute Gasteiger partial charge is 0.348 e. The molecule has 0 aliphatic rings. The number of nitrogens with one attached hydrogen (secondary N) is 2. The first-order valence-electron chi connectivity index (χ1n) is 7.31. The quantitative estimate of drug-likeness (QED) is 0.709. The number of fused-ring (bicyclic) bond motifs is 1. The van der Waals surface area contributed by atoms with Gasteiger partial charge < -0.3 is 10.3 Å². The summed E-state index contributed by atoms with van der Waals surface area (Å²) in [5.74, 6) is -0.0423. The van der Waals surface area contributed by atoms with E-state index in [0.29, 0.717) is 10.8 Å². The summed E-state index contributed by atoms with van der Waals surface area (Å²) in [7, 11) is 0. The van der Waals surface area contributed by atoms with Gasteiger partial charge in [0.1, 0.15) is 10.8 Å². The van der Waals surface area contributed by atoms with Crippen molar-refractivity contribution in [1.29, 1.82) is 5.26 Å². The van der Waals surface area contributed by atoms with Crippen LogP contribution in [0.5, 0.6) is 0 Å². The Morgan fingerprint density at radius 2 is 1.91 bits per heavy atom. The molecule has 4 nitrogen and oxygen atoms in total. The zero-order chi connectivity index (χ0) is 16.4. The third-order valence-corrected chi connectivity index (χ3v) is 4.14. The molecule has 0 spiro atoms. The molecule has 1 unspecified atom stereocenters. The van der Waals surface area contributed by atoms with E-state index in [1.54, 1.807) is 0 Å². The van der Waals surface area contributed by atoms with Crippen LogP contribution in [0.1, 0.15) is 22.9 Å². The molecule has 0 aliphatic heterocycles. The Balaban J connectivity index is 1.92. The van der Waals surface area contributed by atoms with E-state index in [4.69, 9.17) is 12.2 Å². The van der Waals surface area contributed by atoms with E-state index in [-0.39, 0.29) is 0 Å². The van der Waals surface area contributed by atoms with Crippen LogP contribution in [0.4, 0.5) is 5.69 Å². The van der Waals surface area contributed by atoms with Crippen molar-refractivity contribution in [1.82, 2.24) is 9.97 Å². The van der Waals surface area contributed by atoms with Gasteiger partial charge in [-0.15, -0.1) is 0 Å². The van der Waals surface area contributed by atoms with Crippen LogP contribution >= 0.6 is 12.2 Å². The van der Waals surface area contributed by atoms with Gasteiger partial charge in [-0.25, -0.2) is 4.98 Å². The zero-order valence-electron chi connectivity index (χ0n) is 12.9. The Bertz CT molecular complexity index is 920. The van der Waals surface area contributed by atoms with Gasteiger partial charge in [-0.05, 0) is 37.1 Å². The van der Waals surface area contributed by atoms with E-state index in [9.17, 15) is 5.26 Å². The molecular weight excluding hydrogens is 304 g/mol. The van der Waals surface area contributed by atoms with Crippen LogP contribution in [0.25, 0.3) is 11.0 Å². The third kappa shape index (κ3) is 2.94. The van der Waals surface area contributed by atoms with Crippen molar-refractivity contribution in [3.63, 3.8) is 0 Å². The van der Waals surface area contributed by atoms with Gasteiger partial charge in [0.2, 0.25) is 0 Å². The molecule has 2 N–H and O–H groups in total. The predicted octanol–water partition coefficient (Wildman–Crippen LogP) is 4.23. The summed E-state index contributed by atoms with van der Waals surface area (Å²) in [5.41, 5.74) is 4.84. The number of nitriles is 1. The van der Waals surface area contributed by atoms with Crippen LogP contribution in [0.2, 0.25) is 0 Å². The van der Waals surface area contributed by atoms with Crippen LogP contribution in [0.3, 0.4) is 0 Å². The summed E-state index contributed by atoms with van der Waals surface area (Å²) in [6, 6.07) is 16.0. The first-order valence-corrected chi connectivity index (χ1v) is 7.72. The number of imidazole rings is 1. The summed E-state index contributed by atoms with van der Waals surface area (Å²) >= 11 is 5.44. The Kier molecular flexibility index (Phi) is 4.09. The fourth-order valence-corrected chi connectivity index (χ4v) is 2.77. The van der Waals surface area contributed by atoms with E-state index in [2.05, 4.69) is 21.4 Å². The Morgan fingerprint density at radius 3 is 2.61 bits per heavy atom. The molecule has 3 aromatic rings. The lowest BCUT2D eigenvalue weighted by atomic mass is 10.1. The summed E-state index contributed by atoms with van der Waals surface area (Å²) < 4.78 is 0. The number of benzene rings is 2. The van der Waals surface area contributed by atoms with Gasteiger partial charge in [-0.3, -0.25) is 0 Å². The number of hydrogen-bond acceptors (Lipinski definition) is 3. The number of H-pyrrole nitrogens is 1. The van der Waals surface area contributed by atoms with E-state index in [1.807, 2.05) is 56.3 Å². The smallest absolute Gasteiger partial charge is 0.154 e. The number of aromatic amines is 1. The summed E-state index contributed by atoms with van der Waals surface area (Å²) in [5, 5.41) is 12.7. The lowest BCUT2D eigenvalue weighted by Gasteiger charge is -2.13. The van der Waals surface area contributed by atoms with Crippen molar-refractivity contribution in [2.45, 2.75) is 19.8 Å². The maximum atomic E-state index is 9.55. The molecule has 0 saturated heterocycles. The maximum absolute atomic E-state index is 9.55. The van der Waals surface area contributed by atoms with E-state index < -0.39 is 5.92 Å². The van der Waals surface area contributed by atoms with Crippen LogP contribution in [-0.2, 0) is 0 Å². The maximum Gasteiger partial charge on any atom is 0.154 e. The van der Waals surface area contributed by atoms with Crippen molar-refractivity contribution in [3.05, 3.63) is 59.4 Å². The minimum absolute atomic E-state index is 0.443. The molecule has 1 atom stereocenters. The second kappa shape index (κ2) is 6.19. The van der Waals surface area contributed by atoms with Gasteiger partial charge in [0.15, 0.2) is 5.92 Å². The van der Waals surface area contributed by atoms with Crippen molar-refractivity contribution in [2.75, 3.05) is 5.32 Å². The molecule has 0 aliphatic carbocycles. The third-order valence-electron chi connectivity index (χ3n) is 3.80. The fraction of sp³-hybridized carbons (Fsp3) is 0.167. The van der Waals surface area contributed by atoms with Gasteiger partial charge >= 0.3 is 0 Å². The highest BCUT2D eigenvalue weighted by molar-refractivity contribution is 7.80. The number of para-hydroxylation sites is 2. The molecule has 1 aromatic heterocycles. The first kappa shape index (κ1) is 15.2. The summed E-state index contributed by atoms with van der Waals surface area (Å²) in [6.07, 6.45) is 0. The molecule has 114 valence electrons. The van der Waals surface area contributed by atoms with Crippen LogP contribution in [-0.4, -0.2) is 15.0 Å². The number of hydrogen-bond donors (Lipinski definition) is 2.